The Bertz CT molecular complexity index is 664. The SMILES string of the molecule is CC(=O)O[C@H]1CC[C@@]2(C)C(=CC[C@H]3C4CC[C@H](CCCCC(C)C)[C@@]4(C)CC[C@@H]32)C1. The smallest absolute Gasteiger partial charge is 0.302 e. The third-order valence-electron chi connectivity index (χ3n) is 10.2. The van der Waals surface area contributed by atoms with E-state index in [4.69, 9.17) is 4.74 Å². The molecule has 0 aromatic rings. The zero-order chi connectivity index (χ0) is 21.5. The number of rotatable bonds is 6. The van der Waals surface area contributed by atoms with Gasteiger partial charge in [-0.1, -0.05) is 58.6 Å². The first-order valence-corrected chi connectivity index (χ1v) is 13.1. The second kappa shape index (κ2) is 8.62. The molecule has 170 valence electrons. The summed E-state index contributed by atoms with van der Waals surface area (Å²) in [6.07, 6.45) is 18.8. The van der Waals surface area contributed by atoms with E-state index in [1.165, 1.54) is 64.2 Å². The summed E-state index contributed by atoms with van der Waals surface area (Å²) in [5.41, 5.74) is 2.57. The second-order valence-corrected chi connectivity index (χ2v) is 12.2. The van der Waals surface area contributed by atoms with Crippen LogP contribution in [0, 0.1) is 40.4 Å². The number of carbonyl (C=O) groups excluding carboxylic acids is 1. The second-order valence-electron chi connectivity index (χ2n) is 12.2. The average molecular weight is 415 g/mol. The quantitative estimate of drug-likeness (QED) is 0.253. The minimum absolute atomic E-state index is 0.114. The van der Waals surface area contributed by atoms with Crippen LogP contribution in [-0.2, 0) is 9.53 Å². The lowest BCUT2D eigenvalue weighted by atomic mass is 9.47. The molecule has 0 aliphatic heterocycles. The molecule has 0 aromatic heterocycles. The van der Waals surface area contributed by atoms with Crippen molar-refractivity contribution in [3.05, 3.63) is 11.6 Å². The normalized spacial score (nSPS) is 42.9. The molecular formula is C28H46O2. The predicted molar refractivity (Wildman–Crippen MR) is 124 cm³/mol. The summed E-state index contributed by atoms with van der Waals surface area (Å²) in [7, 11) is 0. The molecule has 4 rings (SSSR count). The van der Waals surface area contributed by atoms with Gasteiger partial charge in [0.05, 0.1) is 0 Å². The molecule has 4 aliphatic carbocycles. The molecule has 0 aromatic carbocycles. The van der Waals surface area contributed by atoms with Crippen LogP contribution in [0.3, 0.4) is 0 Å². The van der Waals surface area contributed by atoms with Crippen molar-refractivity contribution in [2.75, 3.05) is 0 Å². The lowest BCUT2D eigenvalue weighted by Crippen LogP contribution is -2.50. The van der Waals surface area contributed by atoms with Gasteiger partial charge in [-0.3, -0.25) is 4.79 Å². The molecule has 0 spiro atoms. The molecule has 0 radical (unpaired) electrons. The van der Waals surface area contributed by atoms with Gasteiger partial charge in [0.25, 0.3) is 0 Å². The highest BCUT2D eigenvalue weighted by Crippen LogP contribution is 2.66. The van der Waals surface area contributed by atoms with Crippen LogP contribution < -0.4 is 0 Å². The van der Waals surface area contributed by atoms with Crippen molar-refractivity contribution in [1.82, 2.24) is 0 Å². The monoisotopic (exact) mass is 414 g/mol. The Hall–Kier alpha value is -0.790. The zero-order valence-corrected chi connectivity index (χ0v) is 20.3. The van der Waals surface area contributed by atoms with Crippen molar-refractivity contribution >= 4 is 5.97 Å². The van der Waals surface area contributed by atoms with Gasteiger partial charge < -0.3 is 4.74 Å². The molecule has 4 aliphatic rings. The predicted octanol–water partition coefficient (Wildman–Crippen LogP) is 7.71. The fraction of sp³-hybridized carbons (Fsp3) is 0.893. The number of carbonyl (C=O) groups is 1. The molecule has 3 saturated carbocycles. The summed E-state index contributed by atoms with van der Waals surface area (Å²) in [5.74, 6) is 4.39. The van der Waals surface area contributed by atoms with Gasteiger partial charge in [0, 0.05) is 13.3 Å². The van der Waals surface area contributed by atoms with Crippen molar-refractivity contribution in [3.8, 4) is 0 Å². The van der Waals surface area contributed by atoms with Gasteiger partial charge in [-0.15, -0.1) is 0 Å². The number of fused-ring (bicyclic) bond motifs is 5. The largest absolute Gasteiger partial charge is 0.462 e. The summed E-state index contributed by atoms with van der Waals surface area (Å²) in [5, 5.41) is 0. The Kier molecular flexibility index (Phi) is 6.44. The zero-order valence-electron chi connectivity index (χ0n) is 20.3. The highest BCUT2D eigenvalue weighted by Gasteiger charge is 2.58. The van der Waals surface area contributed by atoms with Crippen LogP contribution in [0.2, 0.25) is 0 Å². The first-order chi connectivity index (χ1) is 14.2. The molecule has 2 nitrogen and oxygen atoms in total. The molecule has 0 heterocycles. The van der Waals surface area contributed by atoms with E-state index in [1.54, 1.807) is 12.5 Å². The Morgan fingerprint density at radius 1 is 1.10 bits per heavy atom. The summed E-state index contributed by atoms with van der Waals surface area (Å²) in [4.78, 5) is 11.5. The van der Waals surface area contributed by atoms with E-state index in [2.05, 4.69) is 33.8 Å². The molecule has 3 fully saturated rings. The average Bonchev–Trinajstić information content (AvgIpc) is 3.01. The highest BCUT2D eigenvalue weighted by molar-refractivity contribution is 5.66. The molecule has 0 saturated heterocycles. The van der Waals surface area contributed by atoms with Gasteiger partial charge in [-0.25, -0.2) is 0 Å². The Balaban J connectivity index is 1.44. The van der Waals surface area contributed by atoms with E-state index >= 15 is 0 Å². The van der Waals surface area contributed by atoms with E-state index in [0.29, 0.717) is 10.8 Å². The van der Waals surface area contributed by atoms with Crippen molar-refractivity contribution < 1.29 is 9.53 Å². The van der Waals surface area contributed by atoms with Crippen LogP contribution in [0.15, 0.2) is 11.6 Å². The van der Waals surface area contributed by atoms with E-state index in [1.807, 2.05) is 0 Å². The standard InChI is InChI=1S/C28H46O2/c1-19(2)8-6-7-9-21-11-13-25-24-12-10-22-18-23(30-20(3)29)14-16-28(22,5)26(24)15-17-27(21,25)4/h10,19,21,23-26H,6-9,11-18H2,1-5H3/t21-,23-,24-,25?,26-,27+,28-/m0/s1. The maximum atomic E-state index is 11.5. The van der Waals surface area contributed by atoms with Gasteiger partial charge in [0.2, 0.25) is 0 Å². The summed E-state index contributed by atoms with van der Waals surface area (Å²) in [6.45, 7) is 11.5. The first kappa shape index (κ1) is 22.4. The molecule has 0 bridgehead atoms. The van der Waals surface area contributed by atoms with Gasteiger partial charge >= 0.3 is 5.97 Å². The first-order valence-electron chi connectivity index (χ1n) is 13.1. The molecule has 0 N–H and O–H groups in total. The molecule has 1 unspecified atom stereocenters. The van der Waals surface area contributed by atoms with Crippen molar-refractivity contribution in [2.45, 2.75) is 118 Å². The topological polar surface area (TPSA) is 26.3 Å². The Labute approximate surface area is 185 Å². The minimum atomic E-state index is -0.114. The number of ether oxygens (including phenoxy) is 1. The molecule has 7 atom stereocenters. The van der Waals surface area contributed by atoms with Crippen LogP contribution in [0.25, 0.3) is 0 Å². The lowest BCUT2D eigenvalue weighted by molar-refractivity contribution is -0.148. The lowest BCUT2D eigenvalue weighted by Gasteiger charge is -2.58. The van der Waals surface area contributed by atoms with Crippen LogP contribution in [-0.4, -0.2) is 12.1 Å². The van der Waals surface area contributed by atoms with Gasteiger partial charge in [-0.2, -0.15) is 0 Å². The number of allylic oxidation sites excluding steroid dienone is 1. The maximum Gasteiger partial charge on any atom is 0.302 e. The minimum Gasteiger partial charge on any atom is -0.462 e. The van der Waals surface area contributed by atoms with Gasteiger partial charge in [0.1, 0.15) is 6.10 Å². The molecule has 30 heavy (non-hydrogen) atoms. The van der Waals surface area contributed by atoms with Crippen molar-refractivity contribution in [3.63, 3.8) is 0 Å². The van der Waals surface area contributed by atoms with E-state index in [0.717, 1.165) is 42.4 Å². The fourth-order valence-electron chi connectivity index (χ4n) is 8.49. The van der Waals surface area contributed by atoms with E-state index in [-0.39, 0.29) is 12.1 Å². The maximum absolute atomic E-state index is 11.5. The van der Waals surface area contributed by atoms with E-state index in [9.17, 15) is 4.79 Å². The number of hydrogen-bond acceptors (Lipinski definition) is 2. The van der Waals surface area contributed by atoms with Crippen molar-refractivity contribution in [2.24, 2.45) is 40.4 Å². The van der Waals surface area contributed by atoms with Gasteiger partial charge in [-0.05, 0) is 91.8 Å². The van der Waals surface area contributed by atoms with Crippen LogP contribution in [0.5, 0.6) is 0 Å². The van der Waals surface area contributed by atoms with E-state index < -0.39 is 0 Å². The Morgan fingerprint density at radius 2 is 1.90 bits per heavy atom. The number of esters is 1. The van der Waals surface area contributed by atoms with Crippen LogP contribution in [0.1, 0.15) is 112 Å². The summed E-state index contributed by atoms with van der Waals surface area (Å²) < 4.78 is 5.60. The summed E-state index contributed by atoms with van der Waals surface area (Å²) >= 11 is 0. The van der Waals surface area contributed by atoms with Gasteiger partial charge in [0.15, 0.2) is 0 Å². The fourth-order valence-corrected chi connectivity index (χ4v) is 8.49. The molecule has 0 amide bonds. The molecular weight excluding hydrogens is 368 g/mol. The van der Waals surface area contributed by atoms with Crippen LogP contribution >= 0.6 is 0 Å². The highest BCUT2D eigenvalue weighted by atomic mass is 16.5. The third-order valence-corrected chi connectivity index (χ3v) is 10.2. The number of unbranched alkanes of at least 4 members (excludes halogenated alkanes) is 1. The summed E-state index contributed by atoms with van der Waals surface area (Å²) in [6, 6.07) is 0. The molecule has 2 heteroatoms. The third kappa shape index (κ3) is 4.02. The number of hydrogen-bond donors (Lipinski definition) is 0. The Morgan fingerprint density at radius 3 is 2.63 bits per heavy atom. The van der Waals surface area contributed by atoms with Crippen LogP contribution in [0.4, 0.5) is 0 Å². The van der Waals surface area contributed by atoms with Crippen molar-refractivity contribution in [1.29, 1.82) is 0 Å².